The van der Waals surface area contributed by atoms with Crippen LogP contribution in [0.15, 0.2) is 36.4 Å². The van der Waals surface area contributed by atoms with E-state index in [2.05, 4.69) is 0 Å². The lowest BCUT2D eigenvalue weighted by atomic mass is 10.00. The normalized spacial score (nSPS) is 11.3. The maximum atomic E-state index is 12.7. The molecule has 0 bridgehead atoms. The molecule has 0 saturated heterocycles. The largest absolute Gasteiger partial charge is 0.507 e. The number of benzene rings is 2. The van der Waals surface area contributed by atoms with E-state index >= 15 is 0 Å². The minimum atomic E-state index is -0.152. The molecule has 0 aromatic heterocycles. The fourth-order valence-electron chi connectivity index (χ4n) is 2.72. The fraction of sp³-hybridized carbons (Fsp3) is 0.286. The van der Waals surface area contributed by atoms with Gasteiger partial charge < -0.3 is 14.9 Å². The molecule has 2 rings (SSSR count). The molecule has 0 fully saturated rings. The third-order valence-corrected chi connectivity index (χ3v) is 4.46. The molecule has 0 saturated carbocycles. The number of phenols is 1. The number of nitrogens with zero attached hydrogens (tertiary/aromatic N) is 2. The Kier molecular flexibility index (Phi) is 9.48. The summed E-state index contributed by atoms with van der Waals surface area (Å²) in [6.45, 7) is 1.08. The Balaban J connectivity index is 0.00000392. The zero-order chi connectivity index (χ0) is 20.1. The minimum absolute atomic E-state index is 0. The van der Waals surface area contributed by atoms with Crippen molar-refractivity contribution in [2.45, 2.75) is 13.1 Å². The van der Waals surface area contributed by atoms with Gasteiger partial charge in [-0.25, -0.2) is 0 Å². The van der Waals surface area contributed by atoms with Gasteiger partial charge in [0.1, 0.15) is 5.75 Å². The summed E-state index contributed by atoms with van der Waals surface area (Å²) in [4.78, 5) is 16.6. The number of halogens is 3. The summed E-state index contributed by atoms with van der Waals surface area (Å²) in [6, 6.07) is 8.61. The van der Waals surface area contributed by atoms with Gasteiger partial charge in [0, 0.05) is 39.8 Å². The van der Waals surface area contributed by atoms with E-state index in [9.17, 15) is 9.90 Å². The first-order valence-corrected chi connectivity index (χ1v) is 9.24. The topological polar surface area (TPSA) is 43.8 Å². The van der Waals surface area contributed by atoms with E-state index in [0.717, 1.165) is 16.7 Å². The Bertz CT molecular complexity index is 834. The molecule has 0 amide bonds. The van der Waals surface area contributed by atoms with E-state index in [4.69, 9.17) is 23.2 Å². The molecule has 0 aliphatic heterocycles. The average Bonchev–Trinajstić information content (AvgIpc) is 2.56. The smallest absolute Gasteiger partial charge is 0.185 e. The van der Waals surface area contributed by atoms with Crippen molar-refractivity contribution in [2.75, 3.05) is 28.2 Å². The van der Waals surface area contributed by atoms with Crippen LogP contribution in [-0.2, 0) is 13.1 Å². The van der Waals surface area contributed by atoms with Gasteiger partial charge in [0.25, 0.3) is 0 Å². The van der Waals surface area contributed by atoms with Crippen LogP contribution in [0.2, 0.25) is 10.0 Å². The average molecular weight is 444 g/mol. The van der Waals surface area contributed by atoms with Gasteiger partial charge in [0.15, 0.2) is 5.78 Å². The highest BCUT2D eigenvalue weighted by atomic mass is 35.5. The Morgan fingerprint density at radius 2 is 1.54 bits per heavy atom. The van der Waals surface area contributed by atoms with E-state index in [0.29, 0.717) is 28.7 Å². The first kappa shape index (κ1) is 24.5. The number of carbonyl (C=O) groups is 1. The van der Waals surface area contributed by atoms with Crippen molar-refractivity contribution in [1.82, 2.24) is 9.80 Å². The Morgan fingerprint density at radius 1 is 1.00 bits per heavy atom. The molecule has 0 atom stereocenters. The number of phenolic OH excluding ortho intramolecular Hbond substituents is 1. The SMILES string of the molecule is CN(C)Cc1cc(C(=O)/C=C/c2ccc(Cl)cc2Cl)cc(CN(C)C)c1O.Cl. The van der Waals surface area contributed by atoms with E-state index in [1.807, 2.05) is 38.0 Å². The second kappa shape index (κ2) is 10.8. The molecule has 0 unspecified atom stereocenters. The van der Waals surface area contributed by atoms with E-state index in [-0.39, 0.29) is 23.9 Å². The molecule has 2 aromatic carbocycles. The second-order valence-electron chi connectivity index (χ2n) is 6.98. The zero-order valence-electron chi connectivity index (χ0n) is 16.4. The van der Waals surface area contributed by atoms with Crippen LogP contribution in [0.1, 0.15) is 27.0 Å². The Hall–Kier alpha value is -1.56. The monoisotopic (exact) mass is 442 g/mol. The predicted octanol–water partition coefficient (Wildman–Crippen LogP) is 5.14. The highest BCUT2D eigenvalue weighted by Gasteiger charge is 2.14. The molecular weight excluding hydrogens is 419 g/mol. The van der Waals surface area contributed by atoms with Crippen molar-refractivity contribution in [1.29, 1.82) is 0 Å². The molecule has 152 valence electrons. The van der Waals surface area contributed by atoms with Gasteiger partial charge in [-0.05, 0) is 70.2 Å². The van der Waals surface area contributed by atoms with E-state index in [1.165, 1.54) is 6.08 Å². The van der Waals surface area contributed by atoms with Crippen LogP contribution in [0.5, 0.6) is 5.75 Å². The highest BCUT2D eigenvalue weighted by Crippen LogP contribution is 2.28. The maximum absolute atomic E-state index is 12.7. The second-order valence-corrected chi connectivity index (χ2v) is 7.83. The van der Waals surface area contributed by atoms with Crippen LogP contribution in [0, 0.1) is 0 Å². The summed E-state index contributed by atoms with van der Waals surface area (Å²) >= 11 is 12.1. The highest BCUT2D eigenvalue weighted by molar-refractivity contribution is 6.35. The standard InChI is InChI=1S/C21H24Cl2N2O2.ClH/c1-24(2)12-16-9-15(10-17(21(16)27)13-25(3)4)20(26)8-6-14-5-7-18(22)11-19(14)23;/h5-11,27H,12-13H2,1-4H3;1H/b8-6+;. The molecule has 0 spiro atoms. The van der Waals surface area contributed by atoms with Gasteiger partial charge in [-0.2, -0.15) is 0 Å². The van der Waals surface area contributed by atoms with Crippen LogP contribution < -0.4 is 0 Å². The van der Waals surface area contributed by atoms with Crippen molar-refractivity contribution in [3.63, 3.8) is 0 Å². The van der Waals surface area contributed by atoms with Crippen molar-refractivity contribution in [2.24, 2.45) is 0 Å². The first-order chi connectivity index (χ1) is 12.7. The summed E-state index contributed by atoms with van der Waals surface area (Å²) in [6.07, 6.45) is 3.16. The molecule has 28 heavy (non-hydrogen) atoms. The summed E-state index contributed by atoms with van der Waals surface area (Å²) < 4.78 is 0. The van der Waals surface area contributed by atoms with Crippen LogP contribution in [0.4, 0.5) is 0 Å². The zero-order valence-corrected chi connectivity index (χ0v) is 18.7. The van der Waals surface area contributed by atoms with Gasteiger partial charge in [0.2, 0.25) is 0 Å². The third-order valence-electron chi connectivity index (χ3n) is 3.90. The van der Waals surface area contributed by atoms with E-state index < -0.39 is 0 Å². The first-order valence-electron chi connectivity index (χ1n) is 8.49. The lowest BCUT2D eigenvalue weighted by Gasteiger charge is -2.17. The number of ketones is 1. The van der Waals surface area contributed by atoms with Crippen molar-refractivity contribution < 1.29 is 9.90 Å². The van der Waals surface area contributed by atoms with E-state index in [1.54, 1.807) is 36.4 Å². The van der Waals surface area contributed by atoms with Gasteiger partial charge in [-0.15, -0.1) is 12.4 Å². The van der Waals surface area contributed by atoms with Gasteiger partial charge in [-0.3, -0.25) is 4.79 Å². The van der Waals surface area contributed by atoms with Crippen LogP contribution in [0.3, 0.4) is 0 Å². The number of rotatable bonds is 7. The number of carbonyl (C=O) groups excluding carboxylic acids is 1. The predicted molar refractivity (Wildman–Crippen MR) is 120 cm³/mol. The molecule has 4 nitrogen and oxygen atoms in total. The molecule has 2 aromatic rings. The van der Waals surface area contributed by atoms with Gasteiger partial charge in [0.05, 0.1) is 0 Å². The lowest BCUT2D eigenvalue weighted by molar-refractivity contribution is 0.104. The molecule has 0 radical (unpaired) electrons. The summed E-state index contributed by atoms with van der Waals surface area (Å²) in [5.41, 5.74) is 2.69. The van der Waals surface area contributed by atoms with Crippen LogP contribution in [0.25, 0.3) is 6.08 Å². The molecule has 0 heterocycles. The minimum Gasteiger partial charge on any atom is -0.507 e. The van der Waals surface area contributed by atoms with Crippen molar-refractivity contribution in [3.05, 3.63) is 68.7 Å². The molecular formula is C21H25Cl3N2O2. The van der Waals surface area contributed by atoms with Crippen molar-refractivity contribution >= 4 is 47.5 Å². The summed E-state index contributed by atoms with van der Waals surface area (Å²) in [5, 5.41) is 11.6. The van der Waals surface area contributed by atoms with Crippen LogP contribution >= 0.6 is 35.6 Å². The maximum Gasteiger partial charge on any atom is 0.185 e. The summed E-state index contributed by atoms with van der Waals surface area (Å²) in [5.74, 6) is 0.0831. The lowest BCUT2D eigenvalue weighted by Crippen LogP contribution is -2.15. The number of hydrogen-bond donors (Lipinski definition) is 1. The van der Waals surface area contributed by atoms with Crippen LogP contribution in [-0.4, -0.2) is 48.9 Å². The number of hydrogen-bond acceptors (Lipinski definition) is 4. The number of aromatic hydroxyl groups is 1. The number of allylic oxidation sites excluding steroid dienone is 1. The quantitative estimate of drug-likeness (QED) is 0.475. The molecule has 7 heteroatoms. The molecule has 0 aliphatic rings. The van der Waals surface area contributed by atoms with Gasteiger partial charge >= 0.3 is 0 Å². The van der Waals surface area contributed by atoms with Gasteiger partial charge in [-0.1, -0.05) is 29.3 Å². The Labute approximate surface area is 182 Å². The third kappa shape index (κ3) is 6.80. The van der Waals surface area contributed by atoms with Crippen molar-refractivity contribution in [3.8, 4) is 5.75 Å². The Morgan fingerprint density at radius 3 is 2.00 bits per heavy atom. The fourth-order valence-corrected chi connectivity index (χ4v) is 3.19. The molecule has 1 N–H and O–H groups in total. The summed E-state index contributed by atoms with van der Waals surface area (Å²) in [7, 11) is 7.67. The molecule has 0 aliphatic carbocycles.